The first-order valence-corrected chi connectivity index (χ1v) is 10.3. The molecule has 25 heavy (non-hydrogen) atoms. The molecule has 0 atom stereocenters. The molecule has 1 heterocycles. The summed E-state index contributed by atoms with van der Waals surface area (Å²) in [5.41, 5.74) is 1.69. The maximum absolute atomic E-state index is 12.6. The number of nitrogens with zero attached hydrogens (tertiary/aromatic N) is 2. The van der Waals surface area contributed by atoms with Crippen LogP contribution in [0, 0.1) is 0 Å². The van der Waals surface area contributed by atoms with Crippen molar-refractivity contribution in [1.29, 1.82) is 0 Å². The van der Waals surface area contributed by atoms with Gasteiger partial charge in [-0.25, -0.2) is 4.99 Å². The fraction of sp³-hybridized carbons (Fsp3) is 0.111. The topological polar surface area (TPSA) is 32.7 Å². The minimum Gasteiger partial charge on any atom is -0.287 e. The molecule has 3 nitrogen and oxygen atoms in total. The molecule has 0 unspecified atom stereocenters. The smallest absolute Gasteiger partial charge is 0.266 e. The largest absolute Gasteiger partial charge is 0.287 e. The third-order valence-corrected chi connectivity index (χ3v) is 6.27. The number of carbonyl (C=O) groups is 1. The molecule has 0 aliphatic carbocycles. The molecular formula is C18H13Br2ClN2OS. The molecule has 0 aromatic heterocycles. The zero-order valence-electron chi connectivity index (χ0n) is 13.2. The van der Waals surface area contributed by atoms with Gasteiger partial charge < -0.3 is 0 Å². The molecule has 3 rings (SSSR count). The SMILES string of the molecule is CCN1C(=O)/C(=C/c2ccc(Br)cc2)SC1=Nc1ccc(Br)c(Cl)c1. The third-order valence-electron chi connectivity index (χ3n) is 3.50. The van der Waals surface area contributed by atoms with Gasteiger partial charge in [-0.3, -0.25) is 9.69 Å². The average Bonchev–Trinajstić information content (AvgIpc) is 2.88. The molecule has 0 N–H and O–H groups in total. The molecule has 1 aliphatic rings. The monoisotopic (exact) mass is 498 g/mol. The number of amides is 1. The lowest BCUT2D eigenvalue weighted by Gasteiger charge is -2.12. The van der Waals surface area contributed by atoms with Crippen molar-refractivity contribution in [2.24, 2.45) is 4.99 Å². The summed E-state index contributed by atoms with van der Waals surface area (Å²) >= 11 is 14.3. The Balaban J connectivity index is 1.93. The number of benzene rings is 2. The van der Waals surface area contributed by atoms with E-state index in [1.165, 1.54) is 11.8 Å². The van der Waals surface area contributed by atoms with Gasteiger partial charge in [0.2, 0.25) is 0 Å². The van der Waals surface area contributed by atoms with Gasteiger partial charge >= 0.3 is 0 Å². The minimum absolute atomic E-state index is 0.0302. The van der Waals surface area contributed by atoms with Crippen LogP contribution in [0.2, 0.25) is 5.02 Å². The van der Waals surface area contributed by atoms with Gasteiger partial charge in [0.25, 0.3) is 5.91 Å². The fourth-order valence-corrected chi connectivity index (χ4v) is 3.99. The van der Waals surface area contributed by atoms with E-state index in [0.717, 1.165) is 14.5 Å². The second-order valence-corrected chi connectivity index (χ2v) is 8.39. The van der Waals surface area contributed by atoms with Gasteiger partial charge in [0.1, 0.15) is 0 Å². The summed E-state index contributed by atoms with van der Waals surface area (Å²) in [6, 6.07) is 13.3. The maximum Gasteiger partial charge on any atom is 0.266 e. The van der Waals surface area contributed by atoms with Gasteiger partial charge in [-0.2, -0.15) is 0 Å². The van der Waals surface area contributed by atoms with Gasteiger partial charge in [-0.15, -0.1) is 0 Å². The van der Waals surface area contributed by atoms with Crippen LogP contribution in [0.25, 0.3) is 6.08 Å². The number of hydrogen-bond donors (Lipinski definition) is 0. The number of hydrogen-bond acceptors (Lipinski definition) is 3. The summed E-state index contributed by atoms with van der Waals surface area (Å²) in [5, 5.41) is 1.25. The molecule has 7 heteroatoms. The van der Waals surface area contributed by atoms with E-state index >= 15 is 0 Å². The van der Waals surface area contributed by atoms with Crippen molar-refractivity contribution >= 4 is 78.1 Å². The molecule has 0 saturated carbocycles. The number of halogens is 3. The molecule has 0 radical (unpaired) electrons. The van der Waals surface area contributed by atoms with Crippen LogP contribution in [-0.2, 0) is 4.79 Å². The lowest BCUT2D eigenvalue weighted by molar-refractivity contribution is -0.122. The van der Waals surface area contributed by atoms with Crippen LogP contribution >= 0.6 is 55.2 Å². The number of aliphatic imine (C=N–C) groups is 1. The first-order chi connectivity index (χ1) is 12.0. The molecule has 1 aliphatic heterocycles. The lowest BCUT2D eigenvalue weighted by atomic mass is 10.2. The molecule has 2 aromatic carbocycles. The third kappa shape index (κ3) is 4.37. The van der Waals surface area contributed by atoms with Crippen LogP contribution in [0.5, 0.6) is 0 Å². The van der Waals surface area contributed by atoms with E-state index < -0.39 is 0 Å². The predicted octanol–water partition coefficient (Wildman–Crippen LogP) is 6.49. The second kappa shape index (κ2) is 8.08. The summed E-state index contributed by atoms with van der Waals surface area (Å²) in [7, 11) is 0. The zero-order valence-corrected chi connectivity index (χ0v) is 17.9. The Morgan fingerprint density at radius 3 is 2.56 bits per heavy atom. The highest BCUT2D eigenvalue weighted by atomic mass is 79.9. The summed E-state index contributed by atoms with van der Waals surface area (Å²) < 4.78 is 1.82. The molecule has 128 valence electrons. The van der Waals surface area contributed by atoms with Crippen molar-refractivity contribution in [3.8, 4) is 0 Å². The van der Waals surface area contributed by atoms with Gasteiger partial charge in [-0.1, -0.05) is 39.7 Å². The maximum atomic E-state index is 12.6. The Kier molecular flexibility index (Phi) is 6.04. The van der Waals surface area contributed by atoms with Crippen molar-refractivity contribution in [3.63, 3.8) is 0 Å². The number of amidine groups is 1. The summed E-state index contributed by atoms with van der Waals surface area (Å²) in [4.78, 5) is 19.6. The normalized spacial score (nSPS) is 17.8. The molecule has 0 spiro atoms. The lowest BCUT2D eigenvalue weighted by Crippen LogP contribution is -2.28. The fourth-order valence-electron chi connectivity index (χ4n) is 2.25. The standard InChI is InChI=1S/C18H13Br2ClN2OS/c1-2-23-17(24)16(9-11-3-5-12(19)6-4-11)25-18(23)22-13-7-8-14(20)15(21)10-13/h3-10H,2H2,1H3/b16-9-,22-18?. The van der Waals surface area contributed by atoms with E-state index in [0.29, 0.717) is 27.3 Å². The van der Waals surface area contributed by atoms with Gasteiger partial charge in [-0.05, 0) is 76.6 Å². The quantitative estimate of drug-likeness (QED) is 0.452. The van der Waals surface area contributed by atoms with Crippen LogP contribution in [0.4, 0.5) is 5.69 Å². The Hall–Kier alpha value is -1.08. The van der Waals surface area contributed by atoms with Gasteiger partial charge in [0.05, 0.1) is 15.6 Å². The zero-order chi connectivity index (χ0) is 18.0. The number of carbonyl (C=O) groups excluding carboxylic acids is 1. The van der Waals surface area contributed by atoms with Gasteiger partial charge in [0.15, 0.2) is 5.17 Å². The van der Waals surface area contributed by atoms with Crippen LogP contribution in [0.15, 0.2) is 61.3 Å². The average molecular weight is 501 g/mol. The molecule has 2 aromatic rings. The van der Waals surface area contributed by atoms with Crippen LogP contribution in [0.1, 0.15) is 12.5 Å². The van der Waals surface area contributed by atoms with E-state index in [4.69, 9.17) is 11.6 Å². The van der Waals surface area contributed by atoms with Crippen LogP contribution < -0.4 is 0 Å². The molecule has 1 amide bonds. The van der Waals surface area contributed by atoms with Gasteiger partial charge in [0, 0.05) is 15.5 Å². The van der Waals surface area contributed by atoms with Crippen molar-refractivity contribution in [1.82, 2.24) is 4.90 Å². The Morgan fingerprint density at radius 1 is 1.20 bits per heavy atom. The summed E-state index contributed by atoms with van der Waals surface area (Å²) in [6.45, 7) is 2.50. The molecule has 1 fully saturated rings. The van der Waals surface area contributed by atoms with Crippen molar-refractivity contribution in [3.05, 3.63) is 66.9 Å². The first-order valence-electron chi connectivity index (χ1n) is 7.48. The Labute approximate surface area is 172 Å². The highest BCUT2D eigenvalue weighted by Gasteiger charge is 2.32. The number of rotatable bonds is 3. The highest BCUT2D eigenvalue weighted by molar-refractivity contribution is 9.10. The Bertz CT molecular complexity index is 881. The summed E-state index contributed by atoms with van der Waals surface area (Å²) in [5.74, 6) is -0.0302. The van der Waals surface area contributed by atoms with E-state index in [9.17, 15) is 4.79 Å². The number of thioether (sulfide) groups is 1. The predicted molar refractivity (Wildman–Crippen MR) is 113 cm³/mol. The van der Waals surface area contributed by atoms with Crippen molar-refractivity contribution < 1.29 is 4.79 Å². The second-order valence-electron chi connectivity index (χ2n) is 5.20. The molecular weight excluding hydrogens is 488 g/mol. The molecule has 1 saturated heterocycles. The highest BCUT2D eigenvalue weighted by Crippen LogP contribution is 2.35. The van der Waals surface area contributed by atoms with E-state index in [2.05, 4.69) is 36.9 Å². The first kappa shape index (κ1) is 18.7. The molecule has 0 bridgehead atoms. The van der Waals surface area contributed by atoms with Crippen molar-refractivity contribution in [2.45, 2.75) is 6.92 Å². The number of likely N-dealkylation sites (N-methyl/N-ethyl adjacent to an activating group) is 1. The Morgan fingerprint density at radius 2 is 1.92 bits per heavy atom. The van der Waals surface area contributed by atoms with Crippen LogP contribution in [0.3, 0.4) is 0 Å². The van der Waals surface area contributed by atoms with E-state index in [1.807, 2.05) is 49.4 Å². The van der Waals surface area contributed by atoms with E-state index in [1.54, 1.807) is 11.0 Å². The summed E-state index contributed by atoms with van der Waals surface area (Å²) in [6.07, 6.45) is 1.89. The van der Waals surface area contributed by atoms with Crippen LogP contribution in [-0.4, -0.2) is 22.5 Å². The van der Waals surface area contributed by atoms with Crippen molar-refractivity contribution in [2.75, 3.05) is 6.54 Å². The minimum atomic E-state index is -0.0302. The van der Waals surface area contributed by atoms with E-state index in [-0.39, 0.29) is 5.91 Å².